The molecule has 3 aromatic rings. The van der Waals surface area contributed by atoms with E-state index < -0.39 is 0 Å². The van der Waals surface area contributed by atoms with Crippen molar-refractivity contribution in [1.29, 1.82) is 0 Å². The Morgan fingerprint density at radius 1 is 1.25 bits per heavy atom. The van der Waals surface area contributed by atoms with Crippen LogP contribution in [0.3, 0.4) is 0 Å². The summed E-state index contributed by atoms with van der Waals surface area (Å²) in [4.78, 5) is 0. The average Bonchev–Trinajstić information content (AvgIpc) is 2.84. The van der Waals surface area contributed by atoms with Gasteiger partial charge in [0.1, 0.15) is 5.82 Å². The minimum Gasteiger partial charge on any atom is -0.378 e. The fourth-order valence-electron chi connectivity index (χ4n) is 3.26. The number of aromatic nitrogens is 3. The highest BCUT2D eigenvalue weighted by Gasteiger charge is 2.25. The quantitative estimate of drug-likeness (QED) is 0.693. The molecule has 1 atom stereocenters. The molecule has 0 amide bonds. The lowest BCUT2D eigenvalue weighted by Crippen LogP contribution is -2.12. The number of halogens is 2. The Bertz CT molecular complexity index is 906. The smallest absolute Gasteiger partial charge is 0.125 e. The summed E-state index contributed by atoms with van der Waals surface area (Å²) in [5.41, 5.74) is 5.04. The van der Waals surface area contributed by atoms with Gasteiger partial charge in [0.25, 0.3) is 0 Å². The molecule has 1 N–H and O–H groups in total. The van der Waals surface area contributed by atoms with E-state index in [0.29, 0.717) is 0 Å². The van der Waals surface area contributed by atoms with Crippen molar-refractivity contribution in [2.75, 3.05) is 5.32 Å². The zero-order chi connectivity index (χ0) is 16.7. The minimum absolute atomic E-state index is 0.0698. The van der Waals surface area contributed by atoms with Crippen LogP contribution in [-0.4, -0.2) is 15.0 Å². The fraction of sp³-hybridized carbons (Fsp3) is 0.222. The lowest BCUT2D eigenvalue weighted by atomic mass is 9.96. The first-order chi connectivity index (χ1) is 11.6. The number of hydrogen-bond donors (Lipinski definition) is 1. The highest BCUT2D eigenvalue weighted by molar-refractivity contribution is 9.10. The molecule has 1 aliphatic heterocycles. The molecule has 0 bridgehead atoms. The molecule has 0 saturated heterocycles. The van der Waals surface area contributed by atoms with Gasteiger partial charge in [-0.3, -0.25) is 0 Å². The van der Waals surface area contributed by atoms with E-state index in [-0.39, 0.29) is 11.9 Å². The molecule has 122 valence electrons. The molecule has 1 aliphatic rings. The van der Waals surface area contributed by atoms with Crippen LogP contribution in [0.15, 0.2) is 46.9 Å². The second kappa shape index (κ2) is 6.02. The second-order valence-electron chi connectivity index (χ2n) is 5.97. The van der Waals surface area contributed by atoms with Gasteiger partial charge in [-0.2, -0.15) is 0 Å². The van der Waals surface area contributed by atoms with Crippen molar-refractivity contribution in [3.05, 3.63) is 64.0 Å². The number of rotatable bonds is 2. The summed E-state index contributed by atoms with van der Waals surface area (Å²) < 4.78 is 16.5. The van der Waals surface area contributed by atoms with Crippen LogP contribution >= 0.6 is 15.9 Å². The topological polar surface area (TPSA) is 42.7 Å². The Balaban J connectivity index is 1.80. The lowest BCUT2D eigenvalue weighted by molar-refractivity contribution is 0.539. The molecule has 0 fully saturated rings. The number of nitrogens with zero attached hydrogens (tertiary/aromatic N) is 3. The van der Waals surface area contributed by atoms with Gasteiger partial charge in [-0.05, 0) is 49.2 Å². The summed E-state index contributed by atoms with van der Waals surface area (Å²) >= 11 is 3.56. The van der Waals surface area contributed by atoms with Crippen LogP contribution in [0.5, 0.6) is 0 Å². The Morgan fingerprint density at radius 2 is 2.12 bits per heavy atom. The van der Waals surface area contributed by atoms with E-state index in [1.807, 2.05) is 23.7 Å². The minimum atomic E-state index is -0.240. The van der Waals surface area contributed by atoms with Gasteiger partial charge in [-0.25, -0.2) is 9.07 Å². The third-order valence-electron chi connectivity index (χ3n) is 4.34. The maximum Gasteiger partial charge on any atom is 0.125 e. The SMILES string of the molecule is Cc1nnn2c1-c1ccc(Br)cc1C(Nc1cccc(F)c1)CC2. The van der Waals surface area contributed by atoms with E-state index in [1.54, 1.807) is 6.07 Å². The number of benzene rings is 2. The monoisotopic (exact) mass is 386 g/mol. The maximum atomic E-state index is 13.5. The van der Waals surface area contributed by atoms with E-state index in [0.717, 1.165) is 45.6 Å². The van der Waals surface area contributed by atoms with E-state index >= 15 is 0 Å². The standard InChI is InChI=1S/C18H16BrFN4/c1-11-18-15-6-5-12(19)9-16(15)17(7-8-24(18)23-22-11)21-14-4-2-3-13(20)10-14/h2-6,9-10,17,21H,7-8H2,1H3. The summed E-state index contributed by atoms with van der Waals surface area (Å²) in [6.45, 7) is 2.74. The van der Waals surface area contributed by atoms with Crippen molar-refractivity contribution in [3.8, 4) is 11.3 Å². The van der Waals surface area contributed by atoms with Crippen molar-refractivity contribution in [2.24, 2.45) is 0 Å². The molecule has 2 heterocycles. The summed E-state index contributed by atoms with van der Waals surface area (Å²) in [7, 11) is 0. The molecule has 4 nitrogen and oxygen atoms in total. The van der Waals surface area contributed by atoms with E-state index in [9.17, 15) is 4.39 Å². The Hall–Kier alpha value is -2.21. The Kier molecular flexibility index (Phi) is 3.84. The normalized spacial score (nSPS) is 16.2. The third kappa shape index (κ3) is 2.71. The zero-order valence-corrected chi connectivity index (χ0v) is 14.7. The molecule has 24 heavy (non-hydrogen) atoms. The van der Waals surface area contributed by atoms with Crippen LogP contribution in [0, 0.1) is 12.7 Å². The molecule has 0 aliphatic carbocycles. The summed E-state index contributed by atoms with van der Waals surface area (Å²) in [5, 5.41) is 11.9. The predicted octanol–water partition coefficient (Wildman–Crippen LogP) is 4.71. The fourth-order valence-corrected chi connectivity index (χ4v) is 3.64. The summed E-state index contributed by atoms with van der Waals surface area (Å²) in [6.07, 6.45) is 0.843. The van der Waals surface area contributed by atoms with Crippen LogP contribution in [0.2, 0.25) is 0 Å². The van der Waals surface area contributed by atoms with Gasteiger partial charge in [0.15, 0.2) is 0 Å². The van der Waals surface area contributed by atoms with Crippen LogP contribution in [-0.2, 0) is 6.54 Å². The first-order valence-electron chi connectivity index (χ1n) is 7.84. The van der Waals surface area contributed by atoms with Crippen molar-refractivity contribution < 1.29 is 4.39 Å². The van der Waals surface area contributed by atoms with Crippen LogP contribution in [0.4, 0.5) is 10.1 Å². The van der Waals surface area contributed by atoms with Gasteiger partial charge in [0.2, 0.25) is 0 Å². The number of fused-ring (bicyclic) bond motifs is 3. The first kappa shape index (κ1) is 15.3. The van der Waals surface area contributed by atoms with Crippen LogP contribution in [0.1, 0.15) is 23.7 Å². The summed E-state index contributed by atoms with van der Waals surface area (Å²) in [5.74, 6) is -0.240. The molecule has 4 rings (SSSR count). The number of aryl methyl sites for hydroxylation is 2. The van der Waals surface area contributed by atoms with E-state index in [4.69, 9.17) is 0 Å². The molecule has 0 spiro atoms. The Morgan fingerprint density at radius 3 is 2.96 bits per heavy atom. The second-order valence-corrected chi connectivity index (χ2v) is 6.89. The highest BCUT2D eigenvalue weighted by atomic mass is 79.9. The molecule has 1 unspecified atom stereocenters. The molecular weight excluding hydrogens is 371 g/mol. The van der Waals surface area contributed by atoms with Crippen LogP contribution in [0.25, 0.3) is 11.3 Å². The molecular formula is C18H16BrFN4. The van der Waals surface area contributed by atoms with Gasteiger partial charge in [0, 0.05) is 22.3 Å². The van der Waals surface area contributed by atoms with Crippen molar-refractivity contribution >= 4 is 21.6 Å². The molecule has 6 heteroatoms. The van der Waals surface area contributed by atoms with Gasteiger partial charge < -0.3 is 5.32 Å². The van der Waals surface area contributed by atoms with Crippen LogP contribution < -0.4 is 5.32 Å². The molecule has 1 aromatic heterocycles. The molecule has 0 saturated carbocycles. The van der Waals surface area contributed by atoms with Crippen molar-refractivity contribution in [1.82, 2.24) is 15.0 Å². The Labute approximate surface area is 147 Å². The van der Waals surface area contributed by atoms with Crippen molar-refractivity contribution in [3.63, 3.8) is 0 Å². The predicted molar refractivity (Wildman–Crippen MR) is 95.3 cm³/mol. The van der Waals surface area contributed by atoms with Crippen molar-refractivity contribution in [2.45, 2.75) is 25.9 Å². The van der Waals surface area contributed by atoms with E-state index in [2.05, 4.69) is 43.7 Å². The molecule has 0 radical (unpaired) electrons. The lowest BCUT2D eigenvalue weighted by Gasteiger charge is -2.21. The highest BCUT2D eigenvalue weighted by Crippen LogP contribution is 2.38. The third-order valence-corrected chi connectivity index (χ3v) is 4.84. The molecule has 2 aromatic carbocycles. The zero-order valence-electron chi connectivity index (χ0n) is 13.1. The van der Waals surface area contributed by atoms with Gasteiger partial charge >= 0.3 is 0 Å². The van der Waals surface area contributed by atoms with Gasteiger partial charge in [-0.15, -0.1) is 5.10 Å². The number of hydrogen-bond acceptors (Lipinski definition) is 3. The maximum absolute atomic E-state index is 13.5. The largest absolute Gasteiger partial charge is 0.378 e. The van der Waals surface area contributed by atoms with E-state index in [1.165, 1.54) is 12.1 Å². The first-order valence-corrected chi connectivity index (χ1v) is 8.63. The van der Waals surface area contributed by atoms with Gasteiger partial charge in [0.05, 0.1) is 17.4 Å². The number of anilines is 1. The average molecular weight is 387 g/mol. The summed E-state index contributed by atoms with van der Waals surface area (Å²) in [6, 6.07) is 12.9. The number of nitrogens with one attached hydrogen (secondary N) is 1. The van der Waals surface area contributed by atoms with Gasteiger partial charge in [-0.1, -0.05) is 33.3 Å².